The van der Waals surface area contributed by atoms with Crippen molar-refractivity contribution in [3.8, 4) is 0 Å². The molecule has 1 aliphatic heterocycles. The van der Waals surface area contributed by atoms with E-state index in [2.05, 4.69) is 5.32 Å². The summed E-state index contributed by atoms with van der Waals surface area (Å²) in [5, 5.41) is 20.8. The van der Waals surface area contributed by atoms with E-state index < -0.39 is 42.3 Å². The number of carbonyl (C=O) groups excluding carboxylic acids is 2. The van der Waals surface area contributed by atoms with E-state index in [9.17, 15) is 19.2 Å². The number of hydrogen-bond acceptors (Lipinski definition) is 5. The molecule has 0 aromatic carbocycles. The number of nitrogens with one attached hydrogen (secondary N) is 1. The second-order valence-electron chi connectivity index (χ2n) is 4.86. The highest BCUT2D eigenvalue weighted by Gasteiger charge is 2.39. The van der Waals surface area contributed by atoms with E-state index in [0.717, 1.165) is 6.92 Å². The van der Waals surface area contributed by atoms with Crippen LogP contribution >= 0.6 is 0 Å². The molecule has 9 heteroatoms. The summed E-state index contributed by atoms with van der Waals surface area (Å²) in [6.07, 6.45) is -0.363. The minimum Gasteiger partial charge on any atom is -0.481 e. The van der Waals surface area contributed by atoms with Crippen molar-refractivity contribution < 1.29 is 34.2 Å². The molecule has 2 amide bonds. The molecule has 0 aromatic rings. The zero-order chi connectivity index (χ0) is 16.2. The van der Waals surface area contributed by atoms with Gasteiger partial charge >= 0.3 is 11.9 Å². The lowest BCUT2D eigenvalue weighted by Crippen LogP contribution is -2.56. The van der Waals surface area contributed by atoms with Crippen LogP contribution in [0.5, 0.6) is 0 Å². The third-order valence-electron chi connectivity index (χ3n) is 2.98. The second-order valence-corrected chi connectivity index (χ2v) is 4.86. The zero-order valence-corrected chi connectivity index (χ0v) is 11.7. The third-order valence-corrected chi connectivity index (χ3v) is 2.98. The van der Waals surface area contributed by atoms with Crippen molar-refractivity contribution in [3.63, 3.8) is 0 Å². The first-order chi connectivity index (χ1) is 9.72. The fourth-order valence-corrected chi connectivity index (χ4v) is 2.03. The van der Waals surface area contributed by atoms with Crippen molar-refractivity contribution in [2.24, 2.45) is 0 Å². The average molecular weight is 302 g/mol. The quantitative estimate of drug-likeness (QED) is 0.615. The number of amides is 2. The van der Waals surface area contributed by atoms with Gasteiger partial charge in [-0.2, -0.15) is 0 Å². The first kappa shape index (κ1) is 16.9. The fraction of sp³-hybridized carbons (Fsp3) is 0.667. The van der Waals surface area contributed by atoms with Crippen molar-refractivity contribution in [1.29, 1.82) is 0 Å². The second kappa shape index (κ2) is 7.02. The number of hydrogen-bond donors (Lipinski definition) is 3. The molecule has 9 nitrogen and oxygen atoms in total. The van der Waals surface area contributed by atoms with Crippen molar-refractivity contribution in [2.45, 2.75) is 51.3 Å². The lowest BCUT2D eigenvalue weighted by atomic mass is 10.0. The number of rotatable bonds is 5. The van der Waals surface area contributed by atoms with E-state index in [-0.39, 0.29) is 12.5 Å². The summed E-state index contributed by atoms with van der Waals surface area (Å²) in [7, 11) is 0. The van der Waals surface area contributed by atoms with Crippen LogP contribution in [0.15, 0.2) is 0 Å². The molecule has 0 aromatic heterocycles. The summed E-state index contributed by atoms with van der Waals surface area (Å²) < 4.78 is 0. The van der Waals surface area contributed by atoms with Crippen LogP contribution in [-0.2, 0) is 24.0 Å². The Hall–Kier alpha value is -2.16. The number of carboxylic acids is 2. The summed E-state index contributed by atoms with van der Waals surface area (Å²) >= 11 is 0. The van der Waals surface area contributed by atoms with E-state index in [1.54, 1.807) is 6.92 Å². The summed E-state index contributed by atoms with van der Waals surface area (Å²) in [5.74, 6) is -4.01. The maximum atomic E-state index is 12.3. The molecular formula is C12H18N2O7. The van der Waals surface area contributed by atoms with Gasteiger partial charge in [0, 0.05) is 6.92 Å². The molecule has 0 spiro atoms. The van der Waals surface area contributed by atoms with Crippen LogP contribution in [-0.4, -0.2) is 57.2 Å². The highest BCUT2D eigenvalue weighted by atomic mass is 16.7. The molecule has 1 heterocycles. The molecule has 0 unspecified atom stereocenters. The van der Waals surface area contributed by atoms with E-state index in [0.29, 0.717) is 11.5 Å². The largest absolute Gasteiger partial charge is 0.481 e. The first-order valence-electron chi connectivity index (χ1n) is 6.44. The molecule has 1 fully saturated rings. The van der Waals surface area contributed by atoms with Gasteiger partial charge in [-0.25, -0.2) is 9.86 Å². The van der Waals surface area contributed by atoms with Crippen LogP contribution in [0, 0.1) is 0 Å². The Morgan fingerprint density at radius 3 is 2.38 bits per heavy atom. The Balaban J connectivity index is 2.94. The van der Waals surface area contributed by atoms with Gasteiger partial charge in [0.1, 0.15) is 6.04 Å². The highest BCUT2D eigenvalue weighted by Crippen LogP contribution is 2.21. The molecule has 1 aliphatic rings. The molecular weight excluding hydrogens is 284 g/mol. The van der Waals surface area contributed by atoms with Crippen LogP contribution in [0.4, 0.5) is 0 Å². The van der Waals surface area contributed by atoms with Crippen molar-refractivity contribution in [2.75, 3.05) is 0 Å². The van der Waals surface area contributed by atoms with Gasteiger partial charge in [-0.15, -0.1) is 0 Å². The SMILES string of the molecule is CC(=O)N[C@@H](CC(=O)O)C(=O)N1O[C@@H](C)CC[C@H]1C(=O)O. The standard InChI is InChI=1S/C12H18N2O7/c1-6-3-4-9(12(19)20)14(21-6)11(18)8(5-10(16)17)13-7(2)15/h6,8-9H,3-5H2,1-2H3,(H,13,15)(H,16,17)(H,19,20)/t6-,8-,9-/m0/s1. The molecule has 21 heavy (non-hydrogen) atoms. The summed E-state index contributed by atoms with van der Waals surface area (Å²) in [4.78, 5) is 50.5. The summed E-state index contributed by atoms with van der Waals surface area (Å²) in [6, 6.07) is -2.56. The Bertz CT molecular complexity index is 435. The smallest absolute Gasteiger partial charge is 0.329 e. The molecule has 1 saturated heterocycles. The predicted molar refractivity (Wildman–Crippen MR) is 67.9 cm³/mol. The van der Waals surface area contributed by atoms with Crippen LogP contribution < -0.4 is 5.32 Å². The molecule has 118 valence electrons. The van der Waals surface area contributed by atoms with Crippen molar-refractivity contribution in [1.82, 2.24) is 10.4 Å². The number of carbonyl (C=O) groups is 4. The zero-order valence-electron chi connectivity index (χ0n) is 11.7. The van der Waals surface area contributed by atoms with E-state index in [1.165, 1.54) is 0 Å². The van der Waals surface area contributed by atoms with Gasteiger partial charge in [-0.05, 0) is 19.8 Å². The average Bonchev–Trinajstić information content (AvgIpc) is 2.35. The van der Waals surface area contributed by atoms with Gasteiger partial charge in [0.2, 0.25) is 5.91 Å². The minimum atomic E-state index is -1.37. The maximum Gasteiger partial charge on any atom is 0.329 e. The van der Waals surface area contributed by atoms with Crippen LogP contribution in [0.25, 0.3) is 0 Å². The topological polar surface area (TPSA) is 133 Å². The number of carboxylic acid groups (broad SMARTS) is 2. The Morgan fingerprint density at radius 1 is 1.29 bits per heavy atom. The van der Waals surface area contributed by atoms with Crippen LogP contribution in [0.2, 0.25) is 0 Å². The van der Waals surface area contributed by atoms with Gasteiger partial charge in [-0.1, -0.05) is 0 Å². The molecule has 1 rings (SSSR count). The molecule has 0 saturated carbocycles. The normalized spacial score (nSPS) is 23.2. The predicted octanol–water partition coefficient (Wildman–Crippen LogP) is -0.638. The van der Waals surface area contributed by atoms with Gasteiger partial charge in [-0.3, -0.25) is 19.2 Å². The van der Waals surface area contributed by atoms with Crippen molar-refractivity contribution >= 4 is 23.8 Å². The highest BCUT2D eigenvalue weighted by molar-refractivity contribution is 5.91. The van der Waals surface area contributed by atoms with Gasteiger partial charge in [0.25, 0.3) is 5.91 Å². The minimum absolute atomic E-state index is 0.197. The molecule has 0 aliphatic carbocycles. The summed E-state index contributed by atoms with van der Waals surface area (Å²) in [6.45, 7) is 2.81. The Labute approximate surface area is 120 Å². The molecule has 0 bridgehead atoms. The summed E-state index contributed by atoms with van der Waals surface area (Å²) in [5.41, 5.74) is 0. The maximum absolute atomic E-state index is 12.3. The van der Waals surface area contributed by atoms with E-state index >= 15 is 0 Å². The van der Waals surface area contributed by atoms with Crippen LogP contribution in [0.1, 0.15) is 33.1 Å². The van der Waals surface area contributed by atoms with Crippen LogP contribution in [0.3, 0.4) is 0 Å². The van der Waals surface area contributed by atoms with E-state index in [1.807, 2.05) is 0 Å². The fourth-order valence-electron chi connectivity index (χ4n) is 2.03. The Morgan fingerprint density at radius 2 is 1.90 bits per heavy atom. The molecule has 3 atom stereocenters. The number of aliphatic carboxylic acids is 2. The van der Waals surface area contributed by atoms with Gasteiger partial charge in [0.05, 0.1) is 12.5 Å². The number of nitrogens with zero attached hydrogens (tertiary/aromatic N) is 1. The van der Waals surface area contributed by atoms with Crippen molar-refractivity contribution in [3.05, 3.63) is 0 Å². The Kier molecular flexibility index (Phi) is 5.65. The lowest BCUT2D eigenvalue weighted by molar-refractivity contribution is -0.241. The third kappa shape index (κ3) is 4.71. The van der Waals surface area contributed by atoms with Gasteiger partial charge < -0.3 is 15.5 Å². The molecule has 0 radical (unpaired) electrons. The molecule has 3 N–H and O–H groups in total. The number of hydroxylamine groups is 2. The van der Waals surface area contributed by atoms with E-state index in [4.69, 9.17) is 15.1 Å². The van der Waals surface area contributed by atoms with Gasteiger partial charge in [0.15, 0.2) is 6.04 Å². The first-order valence-corrected chi connectivity index (χ1v) is 6.44. The monoisotopic (exact) mass is 302 g/mol. The lowest BCUT2D eigenvalue weighted by Gasteiger charge is -2.36.